The van der Waals surface area contributed by atoms with Crippen molar-refractivity contribution in [3.05, 3.63) is 100 Å². The molecule has 0 heterocycles. The van der Waals surface area contributed by atoms with E-state index in [0.29, 0.717) is 19.5 Å². The molecule has 40 heavy (non-hydrogen) atoms. The Balaban J connectivity index is 1.75. The van der Waals surface area contributed by atoms with Gasteiger partial charge in [-0.2, -0.15) is 0 Å². The summed E-state index contributed by atoms with van der Waals surface area (Å²) < 4.78 is 44.8. The molecule has 3 aromatic carbocycles. The number of sulfonamides is 1. The minimum absolute atomic E-state index is 0.0691. The van der Waals surface area contributed by atoms with E-state index >= 15 is 0 Å². The quantitative estimate of drug-likeness (QED) is 0.128. The van der Waals surface area contributed by atoms with E-state index in [0.717, 1.165) is 33.7 Å². The minimum atomic E-state index is -4.08. The van der Waals surface area contributed by atoms with Crippen molar-refractivity contribution in [2.45, 2.75) is 43.9 Å². The van der Waals surface area contributed by atoms with Crippen LogP contribution in [0.2, 0.25) is 0 Å². The van der Waals surface area contributed by atoms with Gasteiger partial charge in [-0.1, -0.05) is 18.2 Å². The molecule has 0 saturated heterocycles. The Morgan fingerprint density at radius 1 is 1.00 bits per heavy atom. The zero-order valence-electron chi connectivity index (χ0n) is 22.4. The second kappa shape index (κ2) is 14.6. The molecule has 12 heteroatoms. The van der Waals surface area contributed by atoms with Crippen LogP contribution < -0.4 is 4.74 Å². The maximum absolute atomic E-state index is 13.4. The van der Waals surface area contributed by atoms with Crippen LogP contribution in [0, 0.1) is 16.0 Å². The Bertz CT molecular complexity index is 1380. The molecular weight excluding hydrogens is 533 g/mol. The van der Waals surface area contributed by atoms with Gasteiger partial charge in [0, 0.05) is 0 Å². The first-order valence-electron chi connectivity index (χ1n) is 12.8. The van der Waals surface area contributed by atoms with Gasteiger partial charge in [0.05, 0.1) is 0 Å². The Labute approximate surface area is 234 Å². The van der Waals surface area contributed by atoms with E-state index in [9.17, 15) is 28.3 Å². The normalized spacial score (nSPS) is 13.3. The van der Waals surface area contributed by atoms with Gasteiger partial charge >= 0.3 is 207 Å². The molecule has 210 valence electrons. The van der Waals surface area contributed by atoms with Crippen LogP contribution in [0.3, 0.4) is 0 Å². The topological polar surface area (TPSA) is 139 Å². The van der Waals surface area contributed by atoms with Crippen LogP contribution in [0.4, 0.5) is 5.69 Å². The molecule has 3 rings (SSSR count). The van der Waals surface area contributed by atoms with E-state index in [2.05, 4.69) is 4.99 Å². The molecule has 0 aliphatic rings. The Morgan fingerprint density at radius 2 is 1.65 bits per heavy atom. The number of aliphatic hydroxyl groups is 1. The molecule has 0 fully saturated rings. The van der Waals surface area contributed by atoms with Crippen LogP contribution in [-0.4, -0.2) is 61.3 Å². The van der Waals surface area contributed by atoms with Crippen molar-refractivity contribution >= 4 is 29.0 Å². The van der Waals surface area contributed by atoms with Crippen molar-refractivity contribution in [3.8, 4) is 5.75 Å². The summed E-state index contributed by atoms with van der Waals surface area (Å²) in [6, 6.07) is 20.8. The van der Waals surface area contributed by atoms with E-state index in [1.165, 1.54) is 12.1 Å². The summed E-state index contributed by atoms with van der Waals surface area (Å²) in [6.07, 6.45) is 0.0530. The number of nitro groups is 1. The third kappa shape index (κ3) is 8.90. The van der Waals surface area contributed by atoms with Gasteiger partial charge in [-0.15, -0.1) is 0 Å². The number of hydrogen-bond donors (Lipinski definition) is 1. The maximum atomic E-state index is 13.4. The van der Waals surface area contributed by atoms with Gasteiger partial charge in [0.1, 0.15) is 0 Å². The fourth-order valence-electron chi connectivity index (χ4n) is 4.04. The number of ether oxygens (including phenoxy) is 1. The van der Waals surface area contributed by atoms with Crippen LogP contribution >= 0.6 is 0 Å². The predicted molar refractivity (Wildman–Crippen MR) is 152 cm³/mol. The summed E-state index contributed by atoms with van der Waals surface area (Å²) in [6.45, 7) is 3.92. The van der Waals surface area contributed by atoms with Crippen molar-refractivity contribution in [1.82, 2.24) is 4.31 Å². The third-order valence-electron chi connectivity index (χ3n) is 6.04. The van der Waals surface area contributed by atoms with Crippen LogP contribution in [-0.2, 0) is 27.8 Å². The molecule has 10 nitrogen and oxygen atoms in total. The van der Waals surface area contributed by atoms with Gasteiger partial charge in [0.15, 0.2) is 0 Å². The third-order valence-corrected chi connectivity index (χ3v) is 7.89. The first-order chi connectivity index (χ1) is 19.1. The molecule has 3 aromatic rings. The van der Waals surface area contributed by atoms with Crippen molar-refractivity contribution in [1.29, 1.82) is 0 Å². The Kier molecular flexibility index (Phi) is 11.2. The van der Waals surface area contributed by atoms with Crippen LogP contribution in [0.15, 0.2) is 88.8 Å². The first-order valence-corrected chi connectivity index (χ1v) is 14.2. The fraction of sp³-hybridized carbons (Fsp3) is 0.321. The van der Waals surface area contributed by atoms with Gasteiger partial charge in [-0.25, -0.2) is 0 Å². The fourth-order valence-corrected chi connectivity index (χ4v) is 5.66. The van der Waals surface area contributed by atoms with Gasteiger partial charge in [-0.3, -0.25) is 10.1 Å². The average Bonchev–Trinajstić information content (AvgIpc) is 2.94. The number of hydrogen-bond acceptors (Lipinski definition) is 8. The van der Waals surface area contributed by atoms with E-state index in [1.807, 2.05) is 56.3 Å². The summed E-state index contributed by atoms with van der Waals surface area (Å²) >= 11 is 0. The van der Waals surface area contributed by atoms with E-state index < -0.39 is 27.1 Å². The number of benzene rings is 3. The number of nitrogens with zero attached hydrogens (tertiary/aromatic N) is 3. The van der Waals surface area contributed by atoms with Crippen LogP contribution in [0.25, 0.3) is 0 Å². The molecule has 0 spiro atoms. The zero-order valence-corrected chi connectivity index (χ0v) is 23.2. The molecule has 0 aliphatic carbocycles. The molecule has 2 atom stereocenters. The number of aliphatic imine (C=N–C) groups is 1. The molecule has 0 bridgehead atoms. The SMILES string of the molecule is CC(C)CN(CC(O)[C@H](Cc1ccc(OCc2ccccc2)cc1)/N=C\B=O)S(=O)(=O)c1ccc([N+](=O)[O-])cc1. The molecule has 0 radical (unpaired) electrons. The van der Waals surface area contributed by atoms with Crippen molar-refractivity contribution in [2.75, 3.05) is 13.1 Å². The van der Waals surface area contributed by atoms with Crippen molar-refractivity contribution in [2.24, 2.45) is 10.9 Å². The molecule has 1 N–H and O–H groups in total. The number of aliphatic hydroxyl groups excluding tert-OH is 1. The summed E-state index contributed by atoms with van der Waals surface area (Å²) in [4.78, 5) is 14.4. The number of rotatable bonds is 15. The molecular formula is C28H32BN3O7S. The van der Waals surface area contributed by atoms with Crippen LogP contribution in [0.5, 0.6) is 5.75 Å². The zero-order chi connectivity index (χ0) is 29.1. The van der Waals surface area contributed by atoms with E-state index in [-0.39, 0.29) is 36.0 Å². The summed E-state index contributed by atoms with van der Waals surface area (Å²) in [7, 11) is -3.58. The number of non-ortho nitro benzene ring substituents is 1. The molecule has 0 aromatic heterocycles. The predicted octanol–water partition coefficient (Wildman–Crippen LogP) is 3.87. The van der Waals surface area contributed by atoms with Crippen LogP contribution in [0.1, 0.15) is 25.0 Å². The molecule has 1 unspecified atom stereocenters. The van der Waals surface area contributed by atoms with Gasteiger partial charge < -0.3 is 0 Å². The average molecular weight is 565 g/mol. The monoisotopic (exact) mass is 565 g/mol. The summed E-state index contributed by atoms with van der Waals surface area (Å²) in [5, 5.41) is 22.1. The van der Waals surface area contributed by atoms with E-state index in [1.54, 1.807) is 12.1 Å². The van der Waals surface area contributed by atoms with E-state index in [4.69, 9.17) is 4.74 Å². The second-order valence-electron chi connectivity index (χ2n) is 9.66. The molecule has 0 saturated carbocycles. The first kappa shape index (κ1) is 30.8. The number of nitro benzene ring substituents is 1. The van der Waals surface area contributed by atoms with Gasteiger partial charge in [0.2, 0.25) is 0 Å². The summed E-state index contributed by atoms with van der Waals surface area (Å²) in [5.74, 6) is 0.596. The molecule has 0 aliphatic heterocycles. The summed E-state index contributed by atoms with van der Waals surface area (Å²) in [5.41, 5.74) is 1.62. The standard InChI is InChI=1S/C28H32BN3O7S/c1-21(2)17-31(40(37,38)26-14-10-24(11-15-26)32(35)36)18-28(33)27(30-20-29-34)16-22-8-12-25(13-9-22)39-19-23-6-4-3-5-7-23/h3-15,20-21,27-28,33H,16-19H2,1-2H3/b30-20-/t27-,28?/m0/s1. The van der Waals surface area contributed by atoms with Gasteiger partial charge in [0.25, 0.3) is 0 Å². The Hall–Kier alpha value is -3.74. The Morgan fingerprint density at radius 3 is 2.23 bits per heavy atom. The van der Waals surface area contributed by atoms with Gasteiger partial charge in [-0.05, 0) is 0 Å². The molecule has 0 amide bonds. The second-order valence-corrected chi connectivity index (χ2v) is 11.6. The van der Waals surface area contributed by atoms with Crippen molar-refractivity contribution in [3.63, 3.8) is 0 Å². The van der Waals surface area contributed by atoms with Crippen molar-refractivity contribution < 1.29 is 27.9 Å².